The van der Waals surface area contributed by atoms with E-state index >= 15 is 0 Å². The molecule has 1 heterocycles. The van der Waals surface area contributed by atoms with E-state index in [0.29, 0.717) is 38.3 Å². The van der Waals surface area contributed by atoms with Crippen molar-refractivity contribution in [3.8, 4) is 5.75 Å². The topological polar surface area (TPSA) is 79.0 Å². The predicted octanol–water partition coefficient (Wildman–Crippen LogP) is 3.58. The second kappa shape index (κ2) is 9.28. The lowest BCUT2D eigenvalue weighted by atomic mass is 9.89. The smallest absolute Gasteiger partial charge is 0.243 e. The van der Waals surface area contributed by atoms with Crippen molar-refractivity contribution in [3.05, 3.63) is 48.5 Å². The number of carbonyl (C=O) groups excluding carboxylic acids is 1. The number of nitrogens with one attached hydrogen (secondary N) is 1. The lowest BCUT2D eigenvalue weighted by molar-refractivity contribution is -0.124. The third kappa shape index (κ3) is 5.02. The molecule has 1 fully saturated rings. The van der Waals surface area contributed by atoms with Crippen LogP contribution in [-0.2, 0) is 14.8 Å². The Hall–Kier alpha value is -2.58. The first-order chi connectivity index (χ1) is 14.7. The minimum atomic E-state index is -3.60. The summed E-state index contributed by atoms with van der Waals surface area (Å²) in [6.07, 6.45) is 0.714. The fraction of sp³-hybridized carbons (Fsp3) is 0.435. The highest BCUT2D eigenvalue weighted by Crippen LogP contribution is 2.29. The molecule has 8 heteroatoms. The molecule has 0 unspecified atom stereocenters. The Morgan fingerprint density at radius 3 is 2.23 bits per heavy atom. The number of piperazine rings is 1. The van der Waals surface area contributed by atoms with Crippen LogP contribution in [0.15, 0.2) is 53.4 Å². The Kier molecular flexibility index (Phi) is 6.91. The van der Waals surface area contributed by atoms with E-state index in [-0.39, 0.29) is 10.8 Å². The zero-order chi connectivity index (χ0) is 22.6. The molecular formula is C23H31N3O4S. The molecule has 0 aromatic heterocycles. The second-order valence-corrected chi connectivity index (χ2v) is 10.2. The van der Waals surface area contributed by atoms with Gasteiger partial charge in [-0.25, -0.2) is 8.42 Å². The molecule has 0 saturated carbocycles. The van der Waals surface area contributed by atoms with E-state index in [9.17, 15) is 13.2 Å². The van der Waals surface area contributed by atoms with E-state index in [4.69, 9.17) is 4.74 Å². The maximum Gasteiger partial charge on any atom is 0.243 e. The molecule has 1 aliphatic rings. The molecule has 3 rings (SSSR count). The minimum absolute atomic E-state index is 0.0851. The summed E-state index contributed by atoms with van der Waals surface area (Å²) >= 11 is 0. The Bertz CT molecular complexity index is 1010. The molecule has 168 valence electrons. The molecular weight excluding hydrogens is 414 g/mol. The number of anilines is 2. The van der Waals surface area contributed by atoms with Gasteiger partial charge in [-0.1, -0.05) is 32.9 Å². The third-order valence-electron chi connectivity index (χ3n) is 5.91. The molecule has 1 saturated heterocycles. The van der Waals surface area contributed by atoms with E-state index < -0.39 is 15.4 Å². The number of methoxy groups -OCH3 is 1. The number of nitrogens with zero attached hydrogens (tertiary/aromatic N) is 2. The molecule has 31 heavy (non-hydrogen) atoms. The summed E-state index contributed by atoms with van der Waals surface area (Å²) in [5.74, 6) is 0.695. The molecule has 1 aliphatic heterocycles. The highest BCUT2D eigenvalue weighted by molar-refractivity contribution is 7.89. The zero-order valence-electron chi connectivity index (χ0n) is 18.6. The minimum Gasteiger partial charge on any atom is -0.495 e. The molecule has 0 aliphatic carbocycles. The number of amides is 1. The van der Waals surface area contributed by atoms with Crippen LogP contribution < -0.4 is 15.0 Å². The maximum absolute atomic E-state index is 13.1. The molecule has 1 amide bonds. The Balaban J connectivity index is 1.67. The Morgan fingerprint density at radius 2 is 1.65 bits per heavy atom. The SMILES string of the molecule is CCC(C)(C)C(=O)Nc1ccc(S(=O)(=O)N2CCN(c3ccccc3OC)CC2)cc1. The molecule has 0 bridgehead atoms. The van der Waals surface area contributed by atoms with Gasteiger partial charge in [-0.05, 0) is 42.8 Å². The molecule has 1 N–H and O–H groups in total. The van der Waals surface area contributed by atoms with Crippen LogP contribution in [0.3, 0.4) is 0 Å². The van der Waals surface area contributed by atoms with E-state index in [0.717, 1.165) is 11.4 Å². The number of hydrogen-bond donors (Lipinski definition) is 1. The van der Waals surface area contributed by atoms with Crippen molar-refractivity contribution in [2.24, 2.45) is 5.41 Å². The third-order valence-corrected chi connectivity index (χ3v) is 7.83. The quantitative estimate of drug-likeness (QED) is 0.705. The van der Waals surface area contributed by atoms with E-state index in [2.05, 4.69) is 10.2 Å². The average Bonchev–Trinajstić information content (AvgIpc) is 2.79. The van der Waals surface area contributed by atoms with Crippen molar-refractivity contribution in [1.29, 1.82) is 0 Å². The van der Waals surface area contributed by atoms with Crippen molar-refractivity contribution in [1.82, 2.24) is 4.31 Å². The van der Waals surface area contributed by atoms with Crippen LogP contribution >= 0.6 is 0 Å². The van der Waals surface area contributed by atoms with Gasteiger partial charge in [-0.3, -0.25) is 4.79 Å². The normalized spacial score (nSPS) is 15.5. The molecule has 0 radical (unpaired) electrons. The van der Waals surface area contributed by atoms with Crippen LogP contribution in [0.5, 0.6) is 5.75 Å². The fourth-order valence-corrected chi connectivity index (χ4v) is 4.80. The number of rotatable bonds is 7. The number of hydrogen-bond acceptors (Lipinski definition) is 5. The summed E-state index contributed by atoms with van der Waals surface area (Å²) in [6, 6.07) is 14.1. The lowest BCUT2D eigenvalue weighted by Gasteiger charge is -2.35. The van der Waals surface area contributed by atoms with Crippen molar-refractivity contribution < 1.29 is 17.9 Å². The van der Waals surface area contributed by atoms with Gasteiger partial charge in [-0.15, -0.1) is 0 Å². The van der Waals surface area contributed by atoms with Crippen LogP contribution in [0, 0.1) is 5.41 Å². The summed E-state index contributed by atoms with van der Waals surface area (Å²) in [5.41, 5.74) is 1.08. The highest BCUT2D eigenvalue weighted by Gasteiger charge is 2.30. The summed E-state index contributed by atoms with van der Waals surface area (Å²) < 4.78 is 33.1. The largest absolute Gasteiger partial charge is 0.495 e. The van der Waals surface area contributed by atoms with Crippen LogP contribution in [0.1, 0.15) is 27.2 Å². The van der Waals surface area contributed by atoms with Gasteiger partial charge in [0.05, 0.1) is 17.7 Å². The van der Waals surface area contributed by atoms with Gasteiger partial charge in [0.1, 0.15) is 5.75 Å². The number of ether oxygens (including phenoxy) is 1. The van der Waals surface area contributed by atoms with E-state index in [1.165, 1.54) is 4.31 Å². The van der Waals surface area contributed by atoms with Crippen LogP contribution in [0.25, 0.3) is 0 Å². The first kappa shape index (κ1) is 23.1. The number of sulfonamides is 1. The van der Waals surface area contributed by atoms with Gasteiger partial charge in [0.25, 0.3) is 0 Å². The van der Waals surface area contributed by atoms with E-state index in [1.54, 1.807) is 31.4 Å². The maximum atomic E-state index is 13.1. The molecule has 2 aromatic carbocycles. The predicted molar refractivity (Wildman–Crippen MR) is 123 cm³/mol. The van der Waals surface area contributed by atoms with Gasteiger partial charge in [-0.2, -0.15) is 4.31 Å². The van der Waals surface area contributed by atoms with Crippen molar-refractivity contribution >= 4 is 27.3 Å². The number of benzene rings is 2. The van der Waals surface area contributed by atoms with Crippen molar-refractivity contribution in [2.45, 2.75) is 32.1 Å². The van der Waals surface area contributed by atoms with Crippen molar-refractivity contribution in [2.75, 3.05) is 43.5 Å². The summed E-state index contributed by atoms with van der Waals surface area (Å²) in [5, 5.41) is 2.86. The number of para-hydroxylation sites is 2. The van der Waals surface area contributed by atoms with Crippen LogP contribution in [0.4, 0.5) is 11.4 Å². The summed E-state index contributed by atoms with van der Waals surface area (Å²) in [7, 11) is -1.97. The van der Waals surface area contributed by atoms with Crippen molar-refractivity contribution in [3.63, 3.8) is 0 Å². The van der Waals surface area contributed by atoms with Gasteiger partial charge in [0, 0.05) is 37.3 Å². The first-order valence-corrected chi connectivity index (χ1v) is 11.9. The molecule has 2 aromatic rings. The first-order valence-electron chi connectivity index (χ1n) is 10.5. The summed E-state index contributed by atoms with van der Waals surface area (Å²) in [4.78, 5) is 14.7. The van der Waals surface area contributed by atoms with Gasteiger partial charge < -0.3 is 15.0 Å². The highest BCUT2D eigenvalue weighted by atomic mass is 32.2. The zero-order valence-corrected chi connectivity index (χ0v) is 19.4. The molecule has 7 nitrogen and oxygen atoms in total. The Labute approximate surface area is 185 Å². The standard InChI is InChI=1S/C23H31N3O4S/c1-5-23(2,3)22(27)24-18-10-12-19(13-11-18)31(28,29)26-16-14-25(15-17-26)20-8-6-7-9-21(20)30-4/h6-13H,5,14-17H2,1-4H3,(H,24,27). The average molecular weight is 446 g/mol. The van der Waals surface area contributed by atoms with Gasteiger partial charge in [0.2, 0.25) is 15.9 Å². The Morgan fingerprint density at radius 1 is 1.03 bits per heavy atom. The van der Waals surface area contributed by atoms with Crippen LogP contribution in [0.2, 0.25) is 0 Å². The van der Waals surface area contributed by atoms with Gasteiger partial charge >= 0.3 is 0 Å². The molecule has 0 spiro atoms. The number of carbonyl (C=O) groups is 1. The lowest BCUT2D eigenvalue weighted by Crippen LogP contribution is -2.48. The van der Waals surface area contributed by atoms with Crippen LogP contribution in [-0.4, -0.2) is 51.9 Å². The van der Waals surface area contributed by atoms with E-state index in [1.807, 2.05) is 45.0 Å². The van der Waals surface area contributed by atoms with Gasteiger partial charge in [0.15, 0.2) is 0 Å². The summed E-state index contributed by atoms with van der Waals surface area (Å²) in [6.45, 7) is 7.67. The fourth-order valence-electron chi connectivity index (χ4n) is 3.38. The molecule has 0 atom stereocenters. The monoisotopic (exact) mass is 445 g/mol. The second-order valence-electron chi connectivity index (χ2n) is 8.28.